The Balaban J connectivity index is 1.63. The van der Waals surface area contributed by atoms with E-state index in [1.54, 1.807) is 30.3 Å². The zero-order valence-corrected chi connectivity index (χ0v) is 12.4. The number of rotatable bonds is 3. The van der Waals surface area contributed by atoms with Gasteiger partial charge in [-0.3, -0.25) is 4.79 Å². The number of methoxy groups -OCH3 is 1. The third-order valence-corrected chi connectivity index (χ3v) is 3.91. The molecule has 2 aromatic heterocycles. The number of carbonyl (C=O) groups excluding carboxylic acids is 1. The number of nitrogens with zero attached hydrogens (tertiary/aromatic N) is 5. The van der Waals surface area contributed by atoms with Gasteiger partial charge < -0.3 is 14.5 Å². The molecule has 2 aromatic rings. The molecule has 1 amide bonds. The van der Waals surface area contributed by atoms with Gasteiger partial charge in [0.15, 0.2) is 0 Å². The maximum Gasteiger partial charge on any atom is 0.273 e. The molecule has 1 saturated heterocycles. The number of hydrogen-bond acceptors (Lipinski definition) is 7. The minimum Gasteiger partial charge on any atom is -0.481 e. The number of carbonyl (C=O) groups is 1. The Labute approximate surface area is 126 Å². The first-order chi connectivity index (χ1) is 10.3. The predicted molar refractivity (Wildman–Crippen MR) is 78.8 cm³/mol. The van der Waals surface area contributed by atoms with Crippen LogP contribution >= 0.6 is 11.3 Å². The number of amides is 1. The van der Waals surface area contributed by atoms with Crippen molar-refractivity contribution >= 4 is 23.2 Å². The predicted octanol–water partition coefficient (Wildman–Crippen LogP) is 0.904. The molecule has 0 aliphatic carbocycles. The minimum absolute atomic E-state index is 0.0116. The van der Waals surface area contributed by atoms with Crippen molar-refractivity contribution in [2.75, 3.05) is 38.2 Å². The van der Waals surface area contributed by atoms with Crippen molar-refractivity contribution in [3.63, 3.8) is 0 Å². The van der Waals surface area contributed by atoms with Crippen molar-refractivity contribution in [2.24, 2.45) is 0 Å². The van der Waals surface area contributed by atoms with Gasteiger partial charge in [-0.05, 0) is 0 Å². The summed E-state index contributed by atoms with van der Waals surface area (Å²) in [4.78, 5) is 28.7. The van der Waals surface area contributed by atoms with Crippen molar-refractivity contribution in [3.05, 3.63) is 28.8 Å². The zero-order valence-electron chi connectivity index (χ0n) is 11.6. The molecule has 21 heavy (non-hydrogen) atoms. The SMILES string of the molecule is COc1ccnc(N2CCN(C(=O)c3cscn3)CC2)n1. The highest BCUT2D eigenvalue weighted by molar-refractivity contribution is 7.07. The molecule has 0 radical (unpaired) electrons. The van der Waals surface area contributed by atoms with Crippen molar-refractivity contribution in [3.8, 4) is 5.88 Å². The lowest BCUT2D eigenvalue weighted by atomic mass is 10.3. The van der Waals surface area contributed by atoms with Crippen LogP contribution in [0.25, 0.3) is 0 Å². The summed E-state index contributed by atoms with van der Waals surface area (Å²) in [5, 5.41) is 1.78. The molecule has 110 valence electrons. The van der Waals surface area contributed by atoms with E-state index in [9.17, 15) is 4.79 Å². The Bertz CT molecular complexity index is 611. The van der Waals surface area contributed by atoms with Gasteiger partial charge in [-0.2, -0.15) is 4.98 Å². The first-order valence-electron chi connectivity index (χ1n) is 6.57. The van der Waals surface area contributed by atoms with E-state index in [2.05, 4.69) is 15.0 Å². The van der Waals surface area contributed by atoms with Crippen LogP contribution in [0.3, 0.4) is 0 Å². The Kier molecular flexibility index (Phi) is 3.96. The number of thiazole rings is 1. The second kappa shape index (κ2) is 6.04. The van der Waals surface area contributed by atoms with Crippen LogP contribution in [0.15, 0.2) is 23.2 Å². The van der Waals surface area contributed by atoms with Gasteiger partial charge >= 0.3 is 0 Å². The molecule has 0 unspecified atom stereocenters. The van der Waals surface area contributed by atoms with Crippen molar-refractivity contribution in [1.29, 1.82) is 0 Å². The van der Waals surface area contributed by atoms with E-state index in [4.69, 9.17) is 4.74 Å². The first kappa shape index (κ1) is 13.7. The number of hydrogen-bond donors (Lipinski definition) is 0. The minimum atomic E-state index is -0.0116. The van der Waals surface area contributed by atoms with E-state index in [0.29, 0.717) is 43.7 Å². The maximum absolute atomic E-state index is 12.2. The highest BCUT2D eigenvalue weighted by atomic mass is 32.1. The van der Waals surface area contributed by atoms with Crippen molar-refractivity contribution in [2.45, 2.75) is 0 Å². The number of aromatic nitrogens is 3. The molecule has 0 spiro atoms. The van der Waals surface area contributed by atoms with Crippen LogP contribution in [0.1, 0.15) is 10.5 Å². The second-order valence-corrected chi connectivity index (χ2v) is 5.27. The van der Waals surface area contributed by atoms with Crippen molar-refractivity contribution in [1.82, 2.24) is 19.9 Å². The summed E-state index contributed by atoms with van der Waals surface area (Å²) in [5.74, 6) is 1.17. The van der Waals surface area contributed by atoms with Crippen LogP contribution in [0.2, 0.25) is 0 Å². The summed E-state index contributed by atoms with van der Waals surface area (Å²) in [6.07, 6.45) is 1.67. The van der Waals surface area contributed by atoms with Crippen LogP contribution in [0, 0.1) is 0 Å². The fourth-order valence-electron chi connectivity index (χ4n) is 2.19. The van der Waals surface area contributed by atoms with Crippen LogP contribution in [-0.2, 0) is 0 Å². The van der Waals surface area contributed by atoms with E-state index in [-0.39, 0.29) is 5.91 Å². The molecule has 1 aliphatic heterocycles. The van der Waals surface area contributed by atoms with Gasteiger partial charge in [0.1, 0.15) is 5.69 Å². The second-order valence-electron chi connectivity index (χ2n) is 4.55. The van der Waals surface area contributed by atoms with Gasteiger partial charge in [-0.15, -0.1) is 11.3 Å². The lowest BCUT2D eigenvalue weighted by Crippen LogP contribution is -2.49. The van der Waals surface area contributed by atoms with E-state index < -0.39 is 0 Å². The Morgan fingerprint density at radius 1 is 1.29 bits per heavy atom. The Morgan fingerprint density at radius 2 is 2.10 bits per heavy atom. The monoisotopic (exact) mass is 305 g/mol. The summed E-state index contributed by atoms with van der Waals surface area (Å²) in [6.45, 7) is 2.67. The number of piperazine rings is 1. The molecular weight excluding hydrogens is 290 g/mol. The molecule has 8 heteroatoms. The lowest BCUT2D eigenvalue weighted by molar-refractivity contribution is 0.0741. The molecule has 7 nitrogen and oxygen atoms in total. The standard InChI is InChI=1S/C13H15N5O2S/c1-20-11-2-3-14-13(16-11)18-6-4-17(5-7-18)12(19)10-8-21-9-15-10/h2-3,8-9H,4-7H2,1H3. The van der Waals surface area contributed by atoms with Gasteiger partial charge in [0.25, 0.3) is 5.91 Å². The van der Waals surface area contributed by atoms with Gasteiger partial charge in [-0.1, -0.05) is 0 Å². The fraction of sp³-hybridized carbons (Fsp3) is 0.385. The quantitative estimate of drug-likeness (QED) is 0.839. The smallest absolute Gasteiger partial charge is 0.273 e. The number of ether oxygens (including phenoxy) is 1. The summed E-state index contributed by atoms with van der Waals surface area (Å²) < 4.78 is 5.10. The van der Waals surface area contributed by atoms with E-state index in [1.807, 2.05) is 9.80 Å². The third kappa shape index (κ3) is 2.94. The normalized spacial score (nSPS) is 15.1. The average molecular weight is 305 g/mol. The highest BCUT2D eigenvalue weighted by Gasteiger charge is 2.24. The van der Waals surface area contributed by atoms with Crippen molar-refractivity contribution < 1.29 is 9.53 Å². The molecular formula is C13H15N5O2S. The molecule has 0 saturated carbocycles. The summed E-state index contributed by atoms with van der Waals surface area (Å²) >= 11 is 1.43. The lowest BCUT2D eigenvalue weighted by Gasteiger charge is -2.34. The molecule has 3 rings (SSSR count). The van der Waals surface area contributed by atoms with Crippen LogP contribution in [0.5, 0.6) is 5.88 Å². The van der Waals surface area contributed by atoms with Crippen LogP contribution in [0.4, 0.5) is 5.95 Å². The third-order valence-electron chi connectivity index (χ3n) is 3.33. The number of anilines is 1. The molecule has 3 heterocycles. The molecule has 0 N–H and O–H groups in total. The molecule has 1 aliphatic rings. The summed E-state index contributed by atoms with van der Waals surface area (Å²) in [7, 11) is 1.58. The topological polar surface area (TPSA) is 71.5 Å². The average Bonchev–Trinajstić information content (AvgIpc) is 3.09. The van der Waals surface area contributed by atoms with E-state index in [1.165, 1.54) is 11.3 Å². The summed E-state index contributed by atoms with van der Waals surface area (Å²) in [6, 6.07) is 1.71. The maximum atomic E-state index is 12.2. The Morgan fingerprint density at radius 3 is 2.76 bits per heavy atom. The Hall–Kier alpha value is -2.22. The molecule has 0 aromatic carbocycles. The zero-order chi connectivity index (χ0) is 14.7. The van der Waals surface area contributed by atoms with Gasteiger partial charge in [0, 0.05) is 43.8 Å². The first-order valence-corrected chi connectivity index (χ1v) is 7.51. The van der Waals surface area contributed by atoms with Crippen LogP contribution < -0.4 is 9.64 Å². The largest absolute Gasteiger partial charge is 0.481 e. The fourth-order valence-corrected chi connectivity index (χ4v) is 2.71. The molecule has 0 atom stereocenters. The van der Waals surface area contributed by atoms with Gasteiger partial charge in [0.2, 0.25) is 11.8 Å². The van der Waals surface area contributed by atoms with E-state index in [0.717, 1.165) is 0 Å². The van der Waals surface area contributed by atoms with Gasteiger partial charge in [0.05, 0.1) is 12.6 Å². The molecule has 1 fully saturated rings. The van der Waals surface area contributed by atoms with Crippen LogP contribution in [-0.4, -0.2) is 59.0 Å². The van der Waals surface area contributed by atoms with E-state index >= 15 is 0 Å². The molecule has 0 bridgehead atoms. The van der Waals surface area contributed by atoms with Gasteiger partial charge in [-0.25, -0.2) is 9.97 Å². The summed E-state index contributed by atoms with van der Waals surface area (Å²) in [5.41, 5.74) is 2.19. The highest BCUT2D eigenvalue weighted by Crippen LogP contribution is 2.15.